The summed E-state index contributed by atoms with van der Waals surface area (Å²) < 4.78 is 22.3. The topological polar surface area (TPSA) is 49.0 Å². The zero-order valence-corrected chi connectivity index (χ0v) is 13.0. The molecule has 1 aromatic carbocycles. The molecule has 1 aliphatic carbocycles. The van der Waals surface area contributed by atoms with Crippen LogP contribution >= 0.6 is 0 Å². The van der Waals surface area contributed by atoms with Crippen LogP contribution in [-0.4, -0.2) is 52.2 Å². The fraction of sp³-hybridized carbons (Fsp3) is 0.625. The van der Waals surface area contributed by atoms with Crippen molar-refractivity contribution >= 4 is 0 Å². The highest BCUT2D eigenvalue weighted by Crippen LogP contribution is 2.33. The summed E-state index contributed by atoms with van der Waals surface area (Å²) in [6.07, 6.45) is 1.02. The summed E-state index contributed by atoms with van der Waals surface area (Å²) in [6, 6.07) is 8.04. The first kappa shape index (κ1) is 16.1. The molecular formula is C16H25NO4. The van der Waals surface area contributed by atoms with Crippen LogP contribution in [0.4, 0.5) is 0 Å². The van der Waals surface area contributed by atoms with Crippen molar-refractivity contribution in [3.8, 4) is 11.5 Å². The Morgan fingerprint density at radius 1 is 1.14 bits per heavy atom. The van der Waals surface area contributed by atoms with Crippen molar-refractivity contribution < 1.29 is 18.9 Å². The third-order valence-electron chi connectivity index (χ3n) is 3.66. The summed E-state index contributed by atoms with van der Waals surface area (Å²) in [5.74, 6) is 1.51. The van der Waals surface area contributed by atoms with Crippen LogP contribution in [0.25, 0.3) is 0 Å². The maximum absolute atomic E-state index is 6.06. The smallest absolute Gasteiger partial charge is 0.161 e. The molecule has 0 spiro atoms. The van der Waals surface area contributed by atoms with Gasteiger partial charge in [0.2, 0.25) is 0 Å². The minimum absolute atomic E-state index is 0.0437. The molecule has 0 bridgehead atoms. The number of likely N-dealkylation sites (N-methyl/N-ethyl adjacent to an activating group) is 1. The maximum Gasteiger partial charge on any atom is 0.161 e. The van der Waals surface area contributed by atoms with Crippen LogP contribution in [0, 0.1) is 0 Å². The van der Waals surface area contributed by atoms with Gasteiger partial charge < -0.3 is 24.3 Å². The molecule has 1 fully saturated rings. The zero-order chi connectivity index (χ0) is 15.1. The molecule has 5 nitrogen and oxygen atoms in total. The van der Waals surface area contributed by atoms with E-state index in [9.17, 15) is 0 Å². The van der Waals surface area contributed by atoms with Crippen molar-refractivity contribution in [3.05, 3.63) is 24.3 Å². The fourth-order valence-electron chi connectivity index (χ4n) is 2.53. The van der Waals surface area contributed by atoms with Crippen molar-refractivity contribution in [2.45, 2.75) is 31.6 Å². The highest BCUT2D eigenvalue weighted by molar-refractivity contribution is 5.39. The van der Waals surface area contributed by atoms with Gasteiger partial charge in [-0.25, -0.2) is 0 Å². The second kappa shape index (κ2) is 8.22. The number of benzene rings is 1. The Morgan fingerprint density at radius 2 is 1.90 bits per heavy atom. The minimum Gasteiger partial charge on any atom is -0.493 e. The number of ether oxygens (including phenoxy) is 4. The van der Waals surface area contributed by atoms with Crippen molar-refractivity contribution in [2.24, 2.45) is 0 Å². The molecule has 1 aliphatic rings. The lowest BCUT2D eigenvalue weighted by molar-refractivity contribution is -0.115. The number of para-hydroxylation sites is 2. The van der Waals surface area contributed by atoms with E-state index in [0.717, 1.165) is 24.5 Å². The van der Waals surface area contributed by atoms with E-state index in [1.165, 1.54) is 0 Å². The molecule has 3 atom stereocenters. The molecule has 1 N–H and O–H groups in total. The molecule has 3 unspecified atom stereocenters. The van der Waals surface area contributed by atoms with Crippen LogP contribution in [-0.2, 0) is 9.47 Å². The van der Waals surface area contributed by atoms with Gasteiger partial charge in [0, 0.05) is 19.6 Å². The Bertz CT molecular complexity index is 426. The normalized spacial score (nSPS) is 24.4. The summed E-state index contributed by atoms with van der Waals surface area (Å²) in [5, 5.41) is 3.43. The van der Waals surface area contributed by atoms with Gasteiger partial charge in [-0.3, -0.25) is 0 Å². The first-order valence-electron chi connectivity index (χ1n) is 7.43. The second-order valence-corrected chi connectivity index (χ2v) is 5.04. The summed E-state index contributed by atoms with van der Waals surface area (Å²) >= 11 is 0. The molecule has 21 heavy (non-hydrogen) atoms. The van der Waals surface area contributed by atoms with Crippen LogP contribution in [0.3, 0.4) is 0 Å². The van der Waals surface area contributed by atoms with Gasteiger partial charge in [0.25, 0.3) is 0 Å². The Labute approximate surface area is 126 Å². The molecular weight excluding hydrogens is 270 g/mol. The van der Waals surface area contributed by atoms with Crippen LogP contribution in [0.2, 0.25) is 0 Å². The van der Waals surface area contributed by atoms with E-state index < -0.39 is 0 Å². The standard InChI is InChI=1S/C16H25NO4/c1-4-17-12-11-15(16(12)20-10-9-18-2)21-14-8-6-5-7-13(14)19-3/h5-8,12,15-17H,4,9-11H2,1-3H3. The summed E-state index contributed by atoms with van der Waals surface area (Å²) in [4.78, 5) is 0. The molecule has 0 heterocycles. The van der Waals surface area contributed by atoms with Crippen LogP contribution in [0.5, 0.6) is 11.5 Å². The van der Waals surface area contributed by atoms with Crippen molar-refractivity contribution in [1.29, 1.82) is 0 Å². The van der Waals surface area contributed by atoms with Gasteiger partial charge in [-0.15, -0.1) is 0 Å². The molecule has 2 rings (SSSR count). The van der Waals surface area contributed by atoms with Gasteiger partial charge in [0.1, 0.15) is 12.2 Å². The average Bonchev–Trinajstić information content (AvgIpc) is 2.51. The largest absolute Gasteiger partial charge is 0.493 e. The van der Waals surface area contributed by atoms with E-state index in [-0.39, 0.29) is 12.2 Å². The quantitative estimate of drug-likeness (QED) is 0.705. The third kappa shape index (κ3) is 4.09. The highest BCUT2D eigenvalue weighted by Gasteiger charge is 2.43. The summed E-state index contributed by atoms with van der Waals surface area (Å²) in [7, 11) is 3.33. The molecule has 1 aromatic rings. The van der Waals surface area contributed by atoms with Gasteiger partial charge in [0.15, 0.2) is 11.5 Å². The van der Waals surface area contributed by atoms with Crippen LogP contribution in [0.15, 0.2) is 24.3 Å². The molecule has 0 aromatic heterocycles. The van der Waals surface area contributed by atoms with E-state index in [4.69, 9.17) is 18.9 Å². The Balaban J connectivity index is 1.94. The van der Waals surface area contributed by atoms with Gasteiger partial charge in [0.05, 0.1) is 20.3 Å². The molecule has 1 saturated carbocycles. The van der Waals surface area contributed by atoms with Crippen molar-refractivity contribution in [1.82, 2.24) is 5.32 Å². The zero-order valence-electron chi connectivity index (χ0n) is 13.0. The lowest BCUT2D eigenvalue weighted by Crippen LogP contribution is -2.61. The molecule has 0 aliphatic heterocycles. The SMILES string of the molecule is CCNC1CC(Oc2ccccc2OC)C1OCCOC. The highest BCUT2D eigenvalue weighted by atomic mass is 16.6. The van der Waals surface area contributed by atoms with E-state index in [1.54, 1.807) is 14.2 Å². The number of hydrogen-bond donors (Lipinski definition) is 1. The molecule has 0 saturated heterocycles. The lowest BCUT2D eigenvalue weighted by atomic mass is 9.85. The molecule has 5 heteroatoms. The molecule has 0 amide bonds. The van der Waals surface area contributed by atoms with Crippen molar-refractivity contribution in [2.75, 3.05) is 34.0 Å². The number of rotatable bonds is 9. The fourth-order valence-corrected chi connectivity index (χ4v) is 2.53. The van der Waals surface area contributed by atoms with Crippen molar-refractivity contribution in [3.63, 3.8) is 0 Å². The van der Waals surface area contributed by atoms with Gasteiger partial charge >= 0.3 is 0 Å². The molecule has 0 radical (unpaired) electrons. The Kier molecular flexibility index (Phi) is 6.29. The number of nitrogens with one attached hydrogen (secondary N) is 1. The van der Waals surface area contributed by atoms with Crippen LogP contribution < -0.4 is 14.8 Å². The Hall–Kier alpha value is -1.30. The second-order valence-electron chi connectivity index (χ2n) is 5.04. The van der Waals surface area contributed by atoms with E-state index in [0.29, 0.717) is 19.3 Å². The van der Waals surface area contributed by atoms with E-state index >= 15 is 0 Å². The third-order valence-corrected chi connectivity index (χ3v) is 3.66. The maximum atomic E-state index is 6.06. The monoisotopic (exact) mass is 295 g/mol. The van der Waals surface area contributed by atoms with Crippen LogP contribution in [0.1, 0.15) is 13.3 Å². The van der Waals surface area contributed by atoms with Gasteiger partial charge in [-0.05, 0) is 18.7 Å². The summed E-state index contributed by atoms with van der Waals surface area (Å²) in [5.41, 5.74) is 0. The van der Waals surface area contributed by atoms with Gasteiger partial charge in [-0.2, -0.15) is 0 Å². The van der Waals surface area contributed by atoms with Gasteiger partial charge in [-0.1, -0.05) is 19.1 Å². The number of methoxy groups -OCH3 is 2. The number of hydrogen-bond acceptors (Lipinski definition) is 5. The van der Waals surface area contributed by atoms with E-state index in [2.05, 4.69) is 12.2 Å². The van der Waals surface area contributed by atoms with E-state index in [1.807, 2.05) is 24.3 Å². The minimum atomic E-state index is 0.0437. The lowest BCUT2D eigenvalue weighted by Gasteiger charge is -2.44. The summed E-state index contributed by atoms with van der Waals surface area (Å²) in [6.45, 7) is 4.20. The first-order valence-corrected chi connectivity index (χ1v) is 7.43. The predicted octanol–water partition coefficient (Wildman–Crippen LogP) is 1.86. The predicted molar refractivity (Wildman–Crippen MR) is 81.1 cm³/mol. The first-order chi connectivity index (χ1) is 10.3. The molecule has 118 valence electrons. The average molecular weight is 295 g/mol. The Morgan fingerprint density at radius 3 is 2.57 bits per heavy atom.